The molecule has 5 heteroatoms. The van der Waals surface area contributed by atoms with Crippen LogP contribution in [0.4, 0.5) is 5.69 Å². The molecular formula is C27H28N2O3. The minimum Gasteiger partial charge on any atom is -0.446 e. The Morgan fingerprint density at radius 1 is 1.16 bits per heavy atom. The van der Waals surface area contributed by atoms with Crippen LogP contribution in [0.1, 0.15) is 37.8 Å². The Labute approximate surface area is 188 Å². The van der Waals surface area contributed by atoms with E-state index in [4.69, 9.17) is 4.74 Å². The summed E-state index contributed by atoms with van der Waals surface area (Å²) in [5.74, 6) is 0.0600. The van der Waals surface area contributed by atoms with Crippen molar-refractivity contribution in [1.29, 1.82) is 0 Å². The Bertz CT molecular complexity index is 1110. The van der Waals surface area contributed by atoms with Gasteiger partial charge in [0.1, 0.15) is 0 Å². The van der Waals surface area contributed by atoms with Gasteiger partial charge < -0.3 is 15.0 Å². The average Bonchev–Trinajstić information content (AvgIpc) is 3.32. The van der Waals surface area contributed by atoms with Crippen molar-refractivity contribution in [2.75, 3.05) is 18.4 Å². The number of nitrogens with zero attached hydrogens (tertiary/aromatic N) is 1. The quantitative estimate of drug-likeness (QED) is 0.573. The van der Waals surface area contributed by atoms with Crippen LogP contribution in [0.5, 0.6) is 0 Å². The van der Waals surface area contributed by atoms with E-state index < -0.39 is 5.60 Å². The SMILES string of the molecule is CC(C)CC1(c2ccccc2)OC(=O)C2=C1CN(C(=O)/C=C1/Cc3ccccc3N1)CC2. The van der Waals surface area contributed by atoms with E-state index in [1.54, 1.807) is 6.08 Å². The molecule has 3 aliphatic rings. The predicted molar refractivity (Wildman–Crippen MR) is 124 cm³/mol. The standard InChI is InChI=1S/C27H28N2O3/c1-18(2)16-27(20-9-4-3-5-10-20)23-17-29(13-12-22(23)26(31)32-27)25(30)15-21-14-19-8-6-7-11-24(19)28-21/h3-11,15,18,28H,12-14,16-17H2,1-2H3/b21-15-. The van der Waals surface area contributed by atoms with Gasteiger partial charge >= 0.3 is 5.97 Å². The van der Waals surface area contributed by atoms with Crippen LogP contribution in [0.25, 0.3) is 0 Å². The topological polar surface area (TPSA) is 58.6 Å². The second-order valence-corrected chi connectivity index (χ2v) is 9.28. The molecule has 1 N–H and O–H groups in total. The molecule has 1 unspecified atom stereocenters. The van der Waals surface area contributed by atoms with Gasteiger partial charge in [-0.25, -0.2) is 4.79 Å². The highest BCUT2D eigenvalue weighted by molar-refractivity contribution is 5.95. The van der Waals surface area contributed by atoms with Gasteiger partial charge in [0.25, 0.3) is 0 Å². The number of cyclic esters (lactones) is 1. The highest BCUT2D eigenvalue weighted by atomic mass is 16.6. The van der Waals surface area contributed by atoms with Crippen LogP contribution in [0.3, 0.4) is 0 Å². The zero-order valence-electron chi connectivity index (χ0n) is 18.6. The molecule has 2 aromatic rings. The molecule has 0 fully saturated rings. The number of fused-ring (bicyclic) bond motifs is 1. The molecule has 0 radical (unpaired) electrons. The fraction of sp³-hybridized carbons (Fsp3) is 0.333. The Balaban J connectivity index is 1.43. The van der Waals surface area contributed by atoms with Gasteiger partial charge in [0, 0.05) is 48.1 Å². The van der Waals surface area contributed by atoms with Gasteiger partial charge in [-0.15, -0.1) is 0 Å². The first-order chi connectivity index (χ1) is 15.5. The number of hydrogen-bond donors (Lipinski definition) is 1. The first kappa shape index (κ1) is 20.6. The van der Waals surface area contributed by atoms with Gasteiger partial charge in [0.2, 0.25) is 5.91 Å². The Kier molecular flexibility index (Phi) is 5.12. The summed E-state index contributed by atoms with van der Waals surface area (Å²) in [5.41, 5.74) is 5.05. The van der Waals surface area contributed by atoms with Gasteiger partial charge in [-0.3, -0.25) is 4.79 Å². The van der Waals surface area contributed by atoms with Crippen molar-refractivity contribution in [2.45, 2.75) is 38.7 Å². The van der Waals surface area contributed by atoms with Gasteiger partial charge in [-0.05, 0) is 36.0 Å². The maximum absolute atomic E-state index is 13.2. The lowest BCUT2D eigenvalue weighted by atomic mass is 9.77. The van der Waals surface area contributed by atoms with Gasteiger partial charge in [-0.2, -0.15) is 0 Å². The van der Waals surface area contributed by atoms with Crippen molar-refractivity contribution in [3.63, 3.8) is 0 Å². The zero-order valence-corrected chi connectivity index (χ0v) is 18.6. The van der Waals surface area contributed by atoms with E-state index in [1.165, 1.54) is 5.56 Å². The molecule has 0 aliphatic carbocycles. The van der Waals surface area contributed by atoms with Crippen LogP contribution in [0, 0.1) is 5.92 Å². The van der Waals surface area contributed by atoms with E-state index in [0.29, 0.717) is 31.8 Å². The molecule has 3 heterocycles. The maximum atomic E-state index is 13.2. The smallest absolute Gasteiger partial charge is 0.335 e. The van der Waals surface area contributed by atoms with Crippen molar-refractivity contribution in [3.8, 4) is 0 Å². The predicted octanol–water partition coefficient (Wildman–Crippen LogP) is 4.57. The molecule has 32 heavy (non-hydrogen) atoms. The van der Waals surface area contributed by atoms with E-state index >= 15 is 0 Å². The van der Waals surface area contributed by atoms with Gasteiger partial charge in [-0.1, -0.05) is 62.4 Å². The van der Waals surface area contributed by atoms with Crippen LogP contribution in [0.15, 0.2) is 77.5 Å². The summed E-state index contributed by atoms with van der Waals surface area (Å²) in [6.45, 7) is 5.21. The second-order valence-electron chi connectivity index (χ2n) is 9.28. The number of allylic oxidation sites excluding steroid dienone is 1. The highest BCUT2D eigenvalue weighted by Gasteiger charge is 2.50. The number of hydrogen-bond acceptors (Lipinski definition) is 4. The fourth-order valence-corrected chi connectivity index (χ4v) is 5.17. The third-order valence-electron chi connectivity index (χ3n) is 6.58. The minimum absolute atomic E-state index is 0.0299. The lowest BCUT2D eigenvalue weighted by Crippen LogP contribution is -2.41. The number of para-hydroxylation sites is 1. The first-order valence-electron chi connectivity index (χ1n) is 11.3. The molecule has 0 spiro atoms. The van der Waals surface area contributed by atoms with E-state index in [1.807, 2.05) is 53.4 Å². The molecule has 0 aromatic heterocycles. The van der Waals surface area contributed by atoms with Crippen LogP contribution < -0.4 is 5.32 Å². The highest BCUT2D eigenvalue weighted by Crippen LogP contribution is 2.48. The summed E-state index contributed by atoms with van der Waals surface area (Å²) < 4.78 is 6.12. The van der Waals surface area contributed by atoms with Crippen LogP contribution in [0.2, 0.25) is 0 Å². The molecule has 164 valence electrons. The molecule has 5 nitrogen and oxygen atoms in total. The van der Waals surface area contributed by atoms with Crippen LogP contribution in [-0.2, 0) is 26.3 Å². The Hall–Kier alpha value is -3.34. The van der Waals surface area contributed by atoms with E-state index in [-0.39, 0.29) is 11.9 Å². The summed E-state index contributed by atoms with van der Waals surface area (Å²) in [6.07, 6.45) is 3.66. The van der Waals surface area contributed by atoms with Gasteiger partial charge in [0.05, 0.1) is 0 Å². The number of esters is 1. The molecule has 5 rings (SSSR count). The Morgan fingerprint density at radius 2 is 1.91 bits per heavy atom. The largest absolute Gasteiger partial charge is 0.446 e. The maximum Gasteiger partial charge on any atom is 0.335 e. The summed E-state index contributed by atoms with van der Waals surface area (Å²) in [4.78, 5) is 27.9. The van der Waals surface area contributed by atoms with E-state index in [0.717, 1.165) is 34.5 Å². The third-order valence-corrected chi connectivity index (χ3v) is 6.58. The second kappa shape index (κ2) is 7.97. The number of rotatable bonds is 4. The number of ether oxygens (including phenoxy) is 1. The van der Waals surface area contributed by atoms with Crippen molar-refractivity contribution in [2.24, 2.45) is 5.92 Å². The minimum atomic E-state index is -0.796. The monoisotopic (exact) mass is 428 g/mol. The molecular weight excluding hydrogens is 400 g/mol. The number of carbonyl (C=O) groups is 2. The molecule has 2 aromatic carbocycles. The van der Waals surface area contributed by atoms with Crippen molar-refractivity contribution in [3.05, 3.63) is 88.6 Å². The first-order valence-corrected chi connectivity index (χ1v) is 11.3. The number of nitrogens with one attached hydrogen (secondary N) is 1. The number of amides is 1. The lowest BCUT2D eigenvalue weighted by Gasteiger charge is -2.37. The van der Waals surface area contributed by atoms with E-state index in [2.05, 4.69) is 25.2 Å². The molecule has 0 saturated heterocycles. The van der Waals surface area contributed by atoms with Crippen LogP contribution in [-0.4, -0.2) is 29.9 Å². The molecule has 3 aliphatic heterocycles. The lowest BCUT2D eigenvalue weighted by molar-refractivity contribution is -0.149. The fourth-order valence-electron chi connectivity index (χ4n) is 5.17. The summed E-state index contributed by atoms with van der Waals surface area (Å²) in [5, 5.41) is 3.35. The van der Waals surface area contributed by atoms with Gasteiger partial charge in [0.15, 0.2) is 5.60 Å². The number of benzene rings is 2. The molecule has 1 amide bonds. The van der Waals surface area contributed by atoms with Crippen LogP contribution >= 0.6 is 0 Å². The Morgan fingerprint density at radius 3 is 2.66 bits per heavy atom. The molecule has 0 bridgehead atoms. The zero-order chi connectivity index (χ0) is 22.3. The van der Waals surface area contributed by atoms with Crippen molar-refractivity contribution >= 4 is 17.6 Å². The molecule has 0 saturated carbocycles. The van der Waals surface area contributed by atoms with Crippen molar-refractivity contribution in [1.82, 2.24) is 4.90 Å². The van der Waals surface area contributed by atoms with Crippen molar-refractivity contribution < 1.29 is 14.3 Å². The normalized spacial score (nSPS) is 23.3. The number of anilines is 1. The number of carbonyl (C=O) groups excluding carboxylic acids is 2. The summed E-state index contributed by atoms with van der Waals surface area (Å²) in [6, 6.07) is 18.1. The van der Waals surface area contributed by atoms with E-state index in [9.17, 15) is 9.59 Å². The molecule has 1 atom stereocenters. The summed E-state index contributed by atoms with van der Waals surface area (Å²) >= 11 is 0. The third kappa shape index (κ3) is 3.52. The average molecular weight is 429 g/mol. The summed E-state index contributed by atoms with van der Waals surface area (Å²) in [7, 11) is 0.